The molecule has 0 aliphatic heterocycles. The Labute approximate surface area is 116 Å². The van der Waals surface area contributed by atoms with E-state index in [-0.39, 0.29) is 5.91 Å². The minimum absolute atomic E-state index is 0.343. The highest BCUT2D eigenvalue weighted by atomic mass is 19.1. The summed E-state index contributed by atoms with van der Waals surface area (Å²) in [6.45, 7) is 1.75. The SMILES string of the molecule is Cc1ccc(F)cc1NC(=O)C1CC=CCC1C(=O)O. The fourth-order valence-electron chi connectivity index (χ4n) is 2.33. The molecular weight excluding hydrogens is 261 g/mol. The average Bonchev–Trinajstić information content (AvgIpc) is 2.42. The van der Waals surface area contributed by atoms with E-state index in [4.69, 9.17) is 5.11 Å². The summed E-state index contributed by atoms with van der Waals surface area (Å²) in [6, 6.07) is 4.12. The van der Waals surface area contributed by atoms with Crippen molar-refractivity contribution in [2.75, 3.05) is 5.32 Å². The van der Waals surface area contributed by atoms with Crippen molar-refractivity contribution in [2.45, 2.75) is 19.8 Å². The van der Waals surface area contributed by atoms with Crippen molar-refractivity contribution >= 4 is 17.6 Å². The van der Waals surface area contributed by atoms with Gasteiger partial charge < -0.3 is 10.4 Å². The van der Waals surface area contributed by atoms with E-state index in [0.29, 0.717) is 18.5 Å². The third kappa shape index (κ3) is 3.04. The van der Waals surface area contributed by atoms with Crippen LogP contribution in [0.15, 0.2) is 30.4 Å². The second kappa shape index (κ2) is 5.86. The van der Waals surface area contributed by atoms with Crippen LogP contribution in [-0.4, -0.2) is 17.0 Å². The highest BCUT2D eigenvalue weighted by Gasteiger charge is 2.34. The standard InChI is InChI=1S/C15H16FNO3/c1-9-6-7-10(16)8-13(9)17-14(18)11-4-2-3-5-12(11)15(19)20/h2-3,6-8,11-12H,4-5H2,1H3,(H,17,18)(H,19,20). The number of hydrogen-bond donors (Lipinski definition) is 2. The zero-order chi connectivity index (χ0) is 14.7. The number of anilines is 1. The van der Waals surface area contributed by atoms with Gasteiger partial charge in [0.15, 0.2) is 0 Å². The van der Waals surface area contributed by atoms with Crippen LogP contribution in [0.5, 0.6) is 0 Å². The van der Waals surface area contributed by atoms with Crippen LogP contribution in [0.4, 0.5) is 10.1 Å². The summed E-state index contributed by atoms with van der Waals surface area (Å²) < 4.78 is 13.2. The summed E-state index contributed by atoms with van der Waals surface area (Å²) in [5, 5.41) is 11.8. The van der Waals surface area contributed by atoms with Crippen LogP contribution in [0, 0.1) is 24.6 Å². The molecule has 0 saturated carbocycles. The molecule has 1 aromatic rings. The summed E-state index contributed by atoms with van der Waals surface area (Å²) >= 11 is 0. The Balaban J connectivity index is 2.16. The Bertz CT molecular complexity index is 568. The second-order valence-electron chi connectivity index (χ2n) is 4.94. The Morgan fingerprint density at radius 1 is 1.25 bits per heavy atom. The molecule has 2 atom stereocenters. The lowest BCUT2D eigenvalue weighted by Crippen LogP contribution is -2.34. The number of halogens is 1. The number of carbonyl (C=O) groups excluding carboxylic acids is 1. The third-order valence-corrected chi connectivity index (χ3v) is 3.54. The number of amides is 1. The molecule has 0 heterocycles. The number of allylic oxidation sites excluding steroid dienone is 2. The maximum Gasteiger partial charge on any atom is 0.307 e. The summed E-state index contributed by atoms with van der Waals surface area (Å²) in [7, 11) is 0. The lowest BCUT2D eigenvalue weighted by atomic mass is 9.82. The zero-order valence-corrected chi connectivity index (χ0v) is 11.1. The van der Waals surface area contributed by atoms with Gasteiger partial charge in [0, 0.05) is 5.69 Å². The van der Waals surface area contributed by atoms with Gasteiger partial charge in [-0.1, -0.05) is 18.2 Å². The van der Waals surface area contributed by atoms with Gasteiger partial charge in [0.25, 0.3) is 0 Å². The van der Waals surface area contributed by atoms with E-state index in [1.807, 2.05) is 6.08 Å². The number of carbonyl (C=O) groups is 2. The van der Waals surface area contributed by atoms with E-state index < -0.39 is 23.6 Å². The van der Waals surface area contributed by atoms with Crippen molar-refractivity contribution in [1.29, 1.82) is 0 Å². The van der Waals surface area contributed by atoms with Crippen molar-refractivity contribution in [3.05, 3.63) is 41.7 Å². The molecule has 1 amide bonds. The summed E-state index contributed by atoms with van der Waals surface area (Å²) in [5.41, 5.74) is 1.12. The molecule has 1 aliphatic carbocycles. The molecule has 1 aliphatic rings. The van der Waals surface area contributed by atoms with E-state index in [9.17, 15) is 14.0 Å². The minimum Gasteiger partial charge on any atom is -0.481 e. The first-order chi connectivity index (χ1) is 9.49. The van der Waals surface area contributed by atoms with Gasteiger partial charge in [0.1, 0.15) is 5.82 Å². The number of nitrogens with one attached hydrogen (secondary N) is 1. The highest BCUT2D eigenvalue weighted by Crippen LogP contribution is 2.28. The number of benzene rings is 1. The summed E-state index contributed by atoms with van der Waals surface area (Å²) in [4.78, 5) is 23.4. The fraction of sp³-hybridized carbons (Fsp3) is 0.333. The number of aliphatic carboxylic acids is 1. The van der Waals surface area contributed by atoms with Crippen LogP contribution in [-0.2, 0) is 9.59 Å². The molecule has 0 bridgehead atoms. The number of carboxylic acids is 1. The van der Waals surface area contributed by atoms with E-state index in [0.717, 1.165) is 5.56 Å². The molecule has 5 heteroatoms. The molecule has 0 saturated heterocycles. The Kier molecular flexibility index (Phi) is 4.17. The largest absolute Gasteiger partial charge is 0.481 e. The average molecular weight is 277 g/mol. The van der Waals surface area contributed by atoms with Gasteiger partial charge in [-0.3, -0.25) is 9.59 Å². The van der Waals surface area contributed by atoms with E-state index in [1.54, 1.807) is 19.1 Å². The normalized spacial score (nSPS) is 21.5. The predicted molar refractivity (Wildman–Crippen MR) is 72.8 cm³/mol. The maximum atomic E-state index is 13.2. The molecule has 2 unspecified atom stereocenters. The first-order valence-corrected chi connectivity index (χ1v) is 6.44. The molecule has 1 aromatic carbocycles. The Morgan fingerprint density at radius 2 is 1.90 bits per heavy atom. The lowest BCUT2D eigenvalue weighted by molar-refractivity contribution is -0.146. The van der Waals surface area contributed by atoms with E-state index in [2.05, 4.69) is 5.32 Å². The predicted octanol–water partition coefficient (Wildman–Crippen LogP) is 2.74. The van der Waals surface area contributed by atoms with Gasteiger partial charge in [0.2, 0.25) is 5.91 Å². The monoisotopic (exact) mass is 277 g/mol. The summed E-state index contributed by atoms with van der Waals surface area (Å²) in [6.07, 6.45) is 4.31. The number of rotatable bonds is 3. The smallest absolute Gasteiger partial charge is 0.307 e. The highest BCUT2D eigenvalue weighted by molar-refractivity contribution is 5.96. The molecule has 0 spiro atoms. The van der Waals surface area contributed by atoms with Crippen LogP contribution in [0.2, 0.25) is 0 Å². The van der Waals surface area contributed by atoms with Gasteiger partial charge in [-0.2, -0.15) is 0 Å². The van der Waals surface area contributed by atoms with Gasteiger partial charge in [-0.05, 0) is 37.5 Å². The molecule has 2 rings (SSSR count). The Hall–Kier alpha value is -2.17. The zero-order valence-electron chi connectivity index (χ0n) is 11.1. The third-order valence-electron chi connectivity index (χ3n) is 3.54. The molecule has 20 heavy (non-hydrogen) atoms. The molecular formula is C15H16FNO3. The van der Waals surface area contributed by atoms with Crippen LogP contribution in [0.3, 0.4) is 0 Å². The van der Waals surface area contributed by atoms with Crippen molar-refractivity contribution in [2.24, 2.45) is 11.8 Å². The van der Waals surface area contributed by atoms with Gasteiger partial charge >= 0.3 is 5.97 Å². The van der Waals surface area contributed by atoms with Crippen LogP contribution >= 0.6 is 0 Å². The fourth-order valence-corrected chi connectivity index (χ4v) is 2.33. The molecule has 2 N–H and O–H groups in total. The Morgan fingerprint density at radius 3 is 2.55 bits per heavy atom. The van der Waals surface area contributed by atoms with Crippen molar-refractivity contribution in [3.8, 4) is 0 Å². The second-order valence-corrected chi connectivity index (χ2v) is 4.94. The first-order valence-electron chi connectivity index (χ1n) is 6.44. The van der Waals surface area contributed by atoms with Crippen molar-refractivity contribution in [3.63, 3.8) is 0 Å². The van der Waals surface area contributed by atoms with Crippen LogP contribution < -0.4 is 5.32 Å². The molecule has 4 nitrogen and oxygen atoms in total. The molecule has 0 radical (unpaired) electrons. The minimum atomic E-state index is -0.981. The van der Waals surface area contributed by atoms with Gasteiger partial charge in [-0.15, -0.1) is 0 Å². The van der Waals surface area contributed by atoms with E-state index in [1.165, 1.54) is 12.1 Å². The van der Waals surface area contributed by atoms with Crippen LogP contribution in [0.1, 0.15) is 18.4 Å². The molecule has 0 fully saturated rings. The first kappa shape index (κ1) is 14.2. The number of hydrogen-bond acceptors (Lipinski definition) is 2. The van der Waals surface area contributed by atoms with Gasteiger partial charge in [0.05, 0.1) is 11.8 Å². The molecule has 0 aromatic heterocycles. The molecule has 106 valence electrons. The van der Waals surface area contributed by atoms with Crippen molar-refractivity contribution in [1.82, 2.24) is 0 Å². The van der Waals surface area contributed by atoms with Crippen molar-refractivity contribution < 1.29 is 19.1 Å². The number of carboxylic acid groups (broad SMARTS) is 1. The van der Waals surface area contributed by atoms with Gasteiger partial charge in [-0.25, -0.2) is 4.39 Å². The summed E-state index contributed by atoms with van der Waals surface area (Å²) in [5.74, 6) is -3.15. The van der Waals surface area contributed by atoms with E-state index >= 15 is 0 Å². The maximum absolute atomic E-state index is 13.2. The quantitative estimate of drug-likeness (QED) is 0.835. The number of aryl methyl sites for hydroxylation is 1. The van der Waals surface area contributed by atoms with Crippen LogP contribution in [0.25, 0.3) is 0 Å². The topological polar surface area (TPSA) is 66.4 Å². The lowest BCUT2D eigenvalue weighted by Gasteiger charge is -2.24.